The van der Waals surface area contributed by atoms with Gasteiger partial charge in [0.15, 0.2) is 0 Å². The fourth-order valence-electron chi connectivity index (χ4n) is 6.15. The van der Waals surface area contributed by atoms with Crippen molar-refractivity contribution in [1.29, 1.82) is 0 Å². The van der Waals surface area contributed by atoms with Crippen molar-refractivity contribution in [3.05, 3.63) is 118 Å². The lowest BCUT2D eigenvalue weighted by Crippen LogP contribution is -2.49. The van der Waals surface area contributed by atoms with Crippen LogP contribution in [0, 0.1) is 41.5 Å². The van der Waals surface area contributed by atoms with Gasteiger partial charge in [-0.2, -0.15) is 35.4 Å². The molecule has 6 rings (SSSR count). The molecule has 4 N–H and O–H groups in total. The summed E-state index contributed by atoms with van der Waals surface area (Å²) in [7, 11) is -8.40. The summed E-state index contributed by atoms with van der Waals surface area (Å²) in [5.41, 5.74) is 10.2. The summed E-state index contributed by atoms with van der Waals surface area (Å²) in [6.45, 7) is 10.8. The summed E-state index contributed by atoms with van der Waals surface area (Å²) in [6.07, 6.45) is -6.68. The molecule has 2 fully saturated rings. The van der Waals surface area contributed by atoms with Crippen molar-refractivity contribution in [1.82, 2.24) is 9.03 Å². The fourth-order valence-corrected chi connectivity index (χ4v) is 9.78. The first-order valence-electron chi connectivity index (χ1n) is 18.0. The summed E-state index contributed by atoms with van der Waals surface area (Å²) in [5, 5.41) is 2.62. The van der Waals surface area contributed by atoms with E-state index in [2.05, 4.69) is 5.32 Å². The van der Waals surface area contributed by atoms with Gasteiger partial charge in [0.25, 0.3) is 0 Å². The zero-order chi connectivity index (χ0) is 42.8. The predicted octanol–water partition coefficient (Wildman–Crippen LogP) is 8.55. The Labute approximate surface area is 331 Å². The number of ether oxygens (including phenoxy) is 1. The first-order chi connectivity index (χ1) is 26.4. The van der Waals surface area contributed by atoms with Crippen LogP contribution in [-0.4, -0.2) is 71.9 Å². The Morgan fingerprint density at radius 3 is 1.51 bits per heavy atom. The number of halogens is 6. The number of nitrogens with one attached hydrogen (secondary N) is 2. The summed E-state index contributed by atoms with van der Waals surface area (Å²) in [6, 6.07) is 20.2. The molecule has 4 aromatic carbocycles. The Morgan fingerprint density at radius 1 is 0.719 bits per heavy atom. The number of benzene rings is 4. The van der Waals surface area contributed by atoms with Gasteiger partial charge in [0.2, 0.25) is 20.0 Å². The van der Waals surface area contributed by atoms with Gasteiger partial charge in [-0.05, 0) is 101 Å². The number of para-hydroxylation sites is 2. The number of nitrogen functional groups attached to an aromatic ring is 1. The standard InChI is InChI=1S/C18H21F3N2O2S.C12H14F3NO2S.C6H7N.C4H8O/c1-12-9-13(2)17(14(3)10-12)26(24,25)23-16(18(19,20)21)11-22-15-7-5-4-6-8-15;1-7-4-8(2)11(9(3)5-7)19(17,18)16-6-10(16)12(13,14)15;7-6-4-2-1-3-5-6;1-2-4-5-3-1/h4-10,16,22-23H,11H2,1-3H3;4-5,10H,6H2,1-3H3;1-5H,7H2;1-4H2. The van der Waals surface area contributed by atoms with Crippen LogP contribution < -0.4 is 15.8 Å². The molecular formula is C40H50F6N4O5S2. The van der Waals surface area contributed by atoms with Gasteiger partial charge in [0.05, 0.1) is 9.79 Å². The zero-order valence-corrected chi connectivity index (χ0v) is 34.3. The zero-order valence-electron chi connectivity index (χ0n) is 32.6. The number of hydrogen-bond acceptors (Lipinski definition) is 7. The summed E-state index contributed by atoms with van der Waals surface area (Å²) >= 11 is 0. The number of sulfonamides is 2. The predicted molar refractivity (Wildman–Crippen MR) is 211 cm³/mol. The van der Waals surface area contributed by atoms with Crippen LogP contribution in [-0.2, 0) is 24.8 Å². The molecule has 2 aliphatic rings. The highest BCUT2D eigenvalue weighted by Gasteiger charge is 2.60. The van der Waals surface area contributed by atoms with E-state index in [4.69, 9.17) is 10.5 Å². The minimum absolute atomic E-state index is 0.00940. The molecule has 3 unspecified atom stereocenters. The molecule has 2 aliphatic heterocycles. The maximum absolute atomic E-state index is 13.4. The molecule has 3 atom stereocenters. The number of nitrogens with zero attached hydrogens (tertiary/aromatic N) is 1. The van der Waals surface area contributed by atoms with E-state index in [-0.39, 0.29) is 9.79 Å². The van der Waals surface area contributed by atoms with Crippen LogP contribution >= 0.6 is 0 Å². The number of hydrogen-bond donors (Lipinski definition) is 3. The Morgan fingerprint density at radius 2 is 1.16 bits per heavy atom. The average molecular weight is 845 g/mol. The van der Waals surface area contributed by atoms with Gasteiger partial charge in [-0.15, -0.1) is 0 Å². The van der Waals surface area contributed by atoms with E-state index in [0.717, 1.165) is 30.0 Å². The molecular weight excluding hydrogens is 795 g/mol. The summed E-state index contributed by atoms with van der Waals surface area (Å²) < 4.78 is 135. The second kappa shape index (κ2) is 20.0. The van der Waals surface area contributed by atoms with Crippen molar-refractivity contribution < 1.29 is 47.9 Å². The van der Waals surface area contributed by atoms with Crippen LogP contribution in [0.4, 0.5) is 37.7 Å². The van der Waals surface area contributed by atoms with Crippen molar-refractivity contribution in [2.45, 2.75) is 88.6 Å². The molecule has 2 saturated heterocycles. The van der Waals surface area contributed by atoms with Crippen LogP contribution in [0.25, 0.3) is 0 Å². The number of aryl methyl sites for hydroxylation is 6. The van der Waals surface area contributed by atoms with E-state index in [0.29, 0.717) is 32.2 Å². The third-order valence-corrected chi connectivity index (χ3v) is 12.6. The minimum atomic E-state index is -4.73. The summed E-state index contributed by atoms with van der Waals surface area (Å²) in [5.74, 6) is 0. The van der Waals surface area contributed by atoms with Crippen molar-refractivity contribution in [2.24, 2.45) is 0 Å². The third kappa shape index (κ3) is 14.3. The van der Waals surface area contributed by atoms with Crippen LogP contribution in [0.5, 0.6) is 0 Å². The van der Waals surface area contributed by atoms with Gasteiger partial charge < -0.3 is 15.8 Å². The minimum Gasteiger partial charge on any atom is -0.399 e. The SMILES string of the molecule is C1CCOC1.Cc1cc(C)c(S(=O)(=O)N2CC2C(F)(F)F)c(C)c1.Cc1cc(C)c(S(=O)(=O)NC(CNc2ccccc2)C(F)(F)F)c(C)c1.Nc1ccccc1. The third-order valence-electron chi connectivity index (χ3n) is 8.59. The lowest BCUT2D eigenvalue weighted by Gasteiger charge is -2.23. The maximum Gasteiger partial charge on any atom is 0.406 e. The van der Waals surface area contributed by atoms with Crippen molar-refractivity contribution in [3.63, 3.8) is 0 Å². The Bertz CT molecular complexity index is 2080. The highest BCUT2D eigenvalue weighted by atomic mass is 32.2. The fraction of sp³-hybridized carbons (Fsp3) is 0.400. The van der Waals surface area contributed by atoms with Gasteiger partial charge in [-0.3, -0.25) is 0 Å². The number of alkyl halides is 6. The second-order valence-electron chi connectivity index (χ2n) is 13.8. The molecule has 0 aliphatic carbocycles. The molecule has 57 heavy (non-hydrogen) atoms. The topological polar surface area (TPSA) is 131 Å². The van der Waals surface area contributed by atoms with Gasteiger partial charge in [0.1, 0.15) is 12.1 Å². The van der Waals surface area contributed by atoms with Crippen LogP contribution in [0.15, 0.2) is 94.7 Å². The monoisotopic (exact) mass is 844 g/mol. The van der Waals surface area contributed by atoms with Crippen LogP contribution in [0.1, 0.15) is 46.2 Å². The van der Waals surface area contributed by atoms with Gasteiger partial charge >= 0.3 is 12.4 Å². The van der Waals surface area contributed by atoms with Gasteiger partial charge in [-0.1, -0.05) is 71.8 Å². The average Bonchev–Trinajstić information content (AvgIpc) is 3.72. The Balaban J connectivity index is 0.000000241. The Hall–Kier alpha value is -4.16. The highest BCUT2D eigenvalue weighted by Crippen LogP contribution is 2.40. The van der Waals surface area contributed by atoms with Crippen molar-refractivity contribution in [3.8, 4) is 0 Å². The lowest BCUT2D eigenvalue weighted by atomic mass is 10.1. The summed E-state index contributed by atoms with van der Waals surface area (Å²) in [4.78, 5) is -0.123. The quantitative estimate of drug-likeness (QED) is 0.0921. The molecule has 0 amide bonds. The van der Waals surface area contributed by atoms with Crippen LogP contribution in [0.3, 0.4) is 0 Å². The largest absolute Gasteiger partial charge is 0.406 e. The van der Waals surface area contributed by atoms with Crippen molar-refractivity contribution in [2.75, 3.05) is 37.4 Å². The number of anilines is 2. The molecule has 9 nitrogen and oxygen atoms in total. The molecule has 0 radical (unpaired) electrons. The molecule has 4 aromatic rings. The molecule has 0 spiro atoms. The molecule has 0 bridgehead atoms. The van der Waals surface area contributed by atoms with Gasteiger partial charge in [-0.25, -0.2) is 16.8 Å². The highest BCUT2D eigenvalue weighted by molar-refractivity contribution is 7.89. The molecule has 0 saturated carbocycles. The first kappa shape index (κ1) is 47.2. The normalized spacial score (nSPS) is 17.1. The lowest BCUT2D eigenvalue weighted by molar-refractivity contribution is -0.148. The van der Waals surface area contributed by atoms with E-state index in [1.807, 2.05) is 37.3 Å². The van der Waals surface area contributed by atoms with Crippen LogP contribution in [0.2, 0.25) is 0 Å². The molecule has 17 heteroatoms. The number of nitrogens with two attached hydrogens (primary N) is 1. The van der Waals surface area contributed by atoms with E-state index >= 15 is 0 Å². The van der Waals surface area contributed by atoms with E-state index < -0.39 is 57.6 Å². The van der Waals surface area contributed by atoms with E-state index in [1.165, 1.54) is 12.8 Å². The second-order valence-corrected chi connectivity index (χ2v) is 17.3. The molecule has 2 heterocycles. The Kier molecular flexibility index (Phi) is 16.6. The smallest absolute Gasteiger partial charge is 0.399 e. The van der Waals surface area contributed by atoms with Gasteiger partial charge in [0, 0.05) is 37.7 Å². The molecule has 0 aromatic heterocycles. The van der Waals surface area contributed by atoms with E-state index in [9.17, 15) is 43.2 Å². The molecule has 314 valence electrons. The maximum atomic E-state index is 13.4. The first-order valence-corrected chi connectivity index (χ1v) is 20.9. The van der Waals surface area contributed by atoms with Crippen molar-refractivity contribution >= 4 is 31.4 Å². The number of rotatable bonds is 8. The van der Waals surface area contributed by atoms with E-state index in [1.54, 1.807) is 93.9 Å².